The van der Waals surface area contributed by atoms with E-state index in [2.05, 4.69) is 0 Å². The van der Waals surface area contributed by atoms with Crippen molar-refractivity contribution in [3.05, 3.63) is 0 Å². The first-order chi connectivity index (χ1) is 10.5. The average Bonchev–Trinajstić information content (AvgIpc) is 2.79. The lowest BCUT2D eigenvalue weighted by molar-refractivity contribution is -0.157. The number of methoxy groups -OCH3 is 1. The highest BCUT2D eigenvalue weighted by atomic mass is 35.5. The summed E-state index contributed by atoms with van der Waals surface area (Å²) in [7, 11) is 1.21. The zero-order chi connectivity index (χ0) is 16.3. The maximum atomic E-state index is 12.5. The Morgan fingerprint density at radius 1 is 1.23 bits per heavy atom. The third-order valence-electron chi connectivity index (χ3n) is 4.51. The molecule has 7 heteroatoms. The number of alkyl halides is 1. The summed E-state index contributed by atoms with van der Waals surface area (Å²) in [6, 6.07) is -1.03. The van der Waals surface area contributed by atoms with Gasteiger partial charge in [0.2, 0.25) is 11.8 Å². The number of ketones is 1. The number of hydrogen-bond acceptors (Lipinski definition) is 5. The molecule has 0 aromatic rings. The van der Waals surface area contributed by atoms with E-state index in [4.69, 9.17) is 16.3 Å². The molecule has 2 aliphatic rings. The lowest BCUT2D eigenvalue weighted by atomic mass is 9.81. The molecule has 22 heavy (non-hydrogen) atoms. The van der Waals surface area contributed by atoms with Crippen LogP contribution in [0, 0.1) is 11.8 Å². The molecule has 0 aromatic carbocycles. The summed E-state index contributed by atoms with van der Waals surface area (Å²) in [5, 5.41) is 0. The van der Waals surface area contributed by atoms with Crippen LogP contribution >= 0.6 is 11.6 Å². The van der Waals surface area contributed by atoms with Crippen LogP contribution in [0.2, 0.25) is 0 Å². The smallest absolute Gasteiger partial charge is 0.329 e. The predicted molar refractivity (Wildman–Crippen MR) is 78.1 cm³/mol. The van der Waals surface area contributed by atoms with Crippen molar-refractivity contribution in [2.45, 2.75) is 44.6 Å². The molecule has 1 aliphatic carbocycles. The van der Waals surface area contributed by atoms with Gasteiger partial charge in [-0.3, -0.25) is 19.3 Å². The van der Waals surface area contributed by atoms with Crippen LogP contribution in [0.4, 0.5) is 0 Å². The lowest BCUT2D eigenvalue weighted by Crippen LogP contribution is -2.46. The number of fused-ring (bicyclic) bond motifs is 1. The van der Waals surface area contributed by atoms with E-state index in [0.29, 0.717) is 12.8 Å². The molecule has 0 aromatic heterocycles. The van der Waals surface area contributed by atoms with E-state index in [1.807, 2.05) is 0 Å². The summed E-state index contributed by atoms with van der Waals surface area (Å²) in [6.07, 6.45) is 3.30. The van der Waals surface area contributed by atoms with Gasteiger partial charge in [0.1, 0.15) is 11.8 Å². The minimum Gasteiger partial charge on any atom is -0.467 e. The molecule has 0 N–H and O–H groups in total. The van der Waals surface area contributed by atoms with Gasteiger partial charge in [0, 0.05) is 6.42 Å². The molecule has 0 spiro atoms. The molecule has 1 heterocycles. The molecule has 3 atom stereocenters. The largest absolute Gasteiger partial charge is 0.467 e. The van der Waals surface area contributed by atoms with Gasteiger partial charge in [-0.05, 0) is 19.3 Å². The number of halogens is 1. The van der Waals surface area contributed by atoms with E-state index in [1.165, 1.54) is 7.11 Å². The van der Waals surface area contributed by atoms with Crippen LogP contribution in [-0.4, -0.2) is 47.5 Å². The van der Waals surface area contributed by atoms with E-state index >= 15 is 0 Å². The SMILES string of the molecule is COC(=O)[C@H](CCC(=O)CCl)N1C(=O)[C@H]2CCCC[C@@H]2C1=O. The molecule has 1 aliphatic heterocycles. The summed E-state index contributed by atoms with van der Waals surface area (Å²) in [6.45, 7) is 0. The van der Waals surface area contributed by atoms with Crippen molar-refractivity contribution < 1.29 is 23.9 Å². The van der Waals surface area contributed by atoms with Gasteiger partial charge < -0.3 is 4.74 Å². The van der Waals surface area contributed by atoms with Crippen LogP contribution in [0.3, 0.4) is 0 Å². The minimum atomic E-state index is -1.03. The van der Waals surface area contributed by atoms with Crippen molar-refractivity contribution in [3.63, 3.8) is 0 Å². The number of Topliss-reactive ketones (excluding diaryl/α,β-unsaturated/α-hetero) is 1. The number of carbonyl (C=O) groups excluding carboxylic acids is 4. The maximum Gasteiger partial charge on any atom is 0.329 e. The van der Waals surface area contributed by atoms with Gasteiger partial charge in [0.05, 0.1) is 24.8 Å². The Bertz CT molecular complexity index is 468. The summed E-state index contributed by atoms with van der Waals surface area (Å²) >= 11 is 5.45. The molecule has 0 bridgehead atoms. The number of carbonyl (C=O) groups is 4. The summed E-state index contributed by atoms with van der Waals surface area (Å²) < 4.78 is 4.71. The predicted octanol–water partition coefficient (Wildman–Crippen LogP) is 1.29. The average molecular weight is 330 g/mol. The Balaban J connectivity index is 2.19. The van der Waals surface area contributed by atoms with E-state index in [0.717, 1.165) is 17.7 Å². The second-order valence-electron chi connectivity index (χ2n) is 5.79. The Labute approximate surface area is 134 Å². The first-order valence-electron chi connectivity index (χ1n) is 7.53. The van der Waals surface area contributed by atoms with Crippen molar-refractivity contribution in [1.82, 2.24) is 4.90 Å². The fourth-order valence-electron chi connectivity index (χ4n) is 3.35. The van der Waals surface area contributed by atoms with E-state index in [9.17, 15) is 19.2 Å². The topological polar surface area (TPSA) is 80.8 Å². The van der Waals surface area contributed by atoms with Gasteiger partial charge in [-0.15, -0.1) is 11.6 Å². The molecule has 122 valence electrons. The standard InChI is InChI=1S/C15H20ClNO5/c1-22-15(21)12(7-6-9(18)8-16)17-13(19)10-4-2-3-5-11(10)14(17)20/h10-12H,2-8H2,1H3/t10-,11-,12-/m0/s1. The van der Waals surface area contributed by atoms with E-state index in [1.54, 1.807) is 0 Å². The summed E-state index contributed by atoms with van der Waals surface area (Å²) in [4.78, 5) is 49.4. The van der Waals surface area contributed by atoms with Crippen molar-refractivity contribution in [3.8, 4) is 0 Å². The Hall–Kier alpha value is -1.43. The summed E-state index contributed by atoms with van der Waals surface area (Å²) in [5.41, 5.74) is 0. The molecule has 2 fully saturated rings. The van der Waals surface area contributed by atoms with E-state index in [-0.39, 0.29) is 48.2 Å². The molecule has 6 nitrogen and oxygen atoms in total. The number of nitrogens with zero attached hydrogens (tertiary/aromatic N) is 1. The van der Waals surface area contributed by atoms with Crippen LogP contribution in [0.15, 0.2) is 0 Å². The number of likely N-dealkylation sites (tertiary alicyclic amines) is 1. The highest BCUT2D eigenvalue weighted by Gasteiger charge is 2.52. The zero-order valence-electron chi connectivity index (χ0n) is 12.5. The summed E-state index contributed by atoms with van der Waals surface area (Å²) in [5.74, 6) is -2.29. The number of hydrogen-bond donors (Lipinski definition) is 0. The highest BCUT2D eigenvalue weighted by Crippen LogP contribution is 2.39. The van der Waals surface area contributed by atoms with Gasteiger partial charge in [-0.2, -0.15) is 0 Å². The van der Waals surface area contributed by atoms with Crippen LogP contribution in [0.1, 0.15) is 38.5 Å². The monoisotopic (exact) mass is 329 g/mol. The molecule has 2 rings (SSSR count). The van der Waals surface area contributed by atoms with Crippen LogP contribution in [0.5, 0.6) is 0 Å². The van der Waals surface area contributed by atoms with Gasteiger partial charge in [-0.25, -0.2) is 4.79 Å². The second-order valence-corrected chi connectivity index (χ2v) is 6.06. The fourth-order valence-corrected chi connectivity index (χ4v) is 3.48. The Morgan fingerprint density at radius 2 is 1.77 bits per heavy atom. The quantitative estimate of drug-likeness (QED) is 0.417. The first-order valence-corrected chi connectivity index (χ1v) is 8.07. The fraction of sp³-hybridized carbons (Fsp3) is 0.733. The van der Waals surface area contributed by atoms with Crippen molar-refractivity contribution in [2.24, 2.45) is 11.8 Å². The van der Waals surface area contributed by atoms with Crippen LogP contribution < -0.4 is 0 Å². The number of amides is 2. The third-order valence-corrected chi connectivity index (χ3v) is 4.80. The number of ether oxygens (including phenoxy) is 1. The number of imide groups is 1. The first kappa shape index (κ1) is 16.9. The maximum absolute atomic E-state index is 12.5. The minimum absolute atomic E-state index is 0.0374. The number of esters is 1. The van der Waals surface area contributed by atoms with Gasteiger partial charge >= 0.3 is 5.97 Å². The Morgan fingerprint density at radius 3 is 2.23 bits per heavy atom. The Kier molecular flexibility index (Phi) is 5.56. The molecular formula is C15H20ClNO5. The lowest BCUT2D eigenvalue weighted by Gasteiger charge is -2.24. The van der Waals surface area contributed by atoms with Gasteiger partial charge in [-0.1, -0.05) is 12.8 Å². The van der Waals surface area contributed by atoms with Crippen molar-refractivity contribution in [1.29, 1.82) is 0 Å². The third kappa shape index (κ3) is 3.16. The molecule has 0 radical (unpaired) electrons. The second kappa shape index (κ2) is 7.22. The highest BCUT2D eigenvalue weighted by molar-refractivity contribution is 6.27. The molecule has 1 saturated carbocycles. The number of rotatable bonds is 6. The van der Waals surface area contributed by atoms with E-state index < -0.39 is 12.0 Å². The van der Waals surface area contributed by atoms with Gasteiger partial charge in [0.15, 0.2) is 0 Å². The zero-order valence-corrected chi connectivity index (χ0v) is 13.3. The molecule has 0 unspecified atom stereocenters. The van der Waals surface area contributed by atoms with Crippen molar-refractivity contribution in [2.75, 3.05) is 13.0 Å². The van der Waals surface area contributed by atoms with Gasteiger partial charge in [0.25, 0.3) is 0 Å². The molecular weight excluding hydrogens is 310 g/mol. The van der Waals surface area contributed by atoms with Crippen molar-refractivity contribution >= 4 is 35.2 Å². The van der Waals surface area contributed by atoms with Crippen LogP contribution in [-0.2, 0) is 23.9 Å². The molecule has 1 saturated heterocycles. The van der Waals surface area contributed by atoms with Crippen LogP contribution in [0.25, 0.3) is 0 Å². The normalized spacial score (nSPS) is 25.8. The molecule has 2 amide bonds.